The van der Waals surface area contributed by atoms with Gasteiger partial charge in [-0.15, -0.1) is 0 Å². The SMILES string of the molecule is Cc1cc(CN(C)c2ccc(F)cc2N)ccc1F. The van der Waals surface area contributed by atoms with Gasteiger partial charge in [-0.05, 0) is 42.3 Å². The molecule has 2 rings (SSSR count). The Morgan fingerprint density at radius 2 is 1.84 bits per heavy atom. The Morgan fingerprint density at radius 3 is 2.47 bits per heavy atom. The summed E-state index contributed by atoms with van der Waals surface area (Å²) < 4.78 is 26.2. The van der Waals surface area contributed by atoms with Crippen LogP contribution in [0.25, 0.3) is 0 Å². The molecule has 0 aliphatic heterocycles. The molecule has 2 N–H and O–H groups in total. The molecule has 2 aromatic carbocycles. The number of nitrogen functional groups attached to an aromatic ring is 1. The van der Waals surface area contributed by atoms with Crippen LogP contribution in [0.3, 0.4) is 0 Å². The molecule has 0 aliphatic carbocycles. The van der Waals surface area contributed by atoms with E-state index in [-0.39, 0.29) is 11.6 Å². The lowest BCUT2D eigenvalue weighted by molar-refractivity contribution is 0.617. The van der Waals surface area contributed by atoms with Crippen LogP contribution in [-0.4, -0.2) is 7.05 Å². The number of halogens is 2. The van der Waals surface area contributed by atoms with E-state index in [0.29, 0.717) is 17.8 Å². The Hall–Kier alpha value is -2.10. The average Bonchev–Trinajstić information content (AvgIpc) is 2.33. The summed E-state index contributed by atoms with van der Waals surface area (Å²) in [6.45, 7) is 2.31. The predicted octanol–water partition coefficient (Wildman–Crippen LogP) is 3.49. The van der Waals surface area contributed by atoms with Crippen molar-refractivity contribution in [3.63, 3.8) is 0 Å². The van der Waals surface area contributed by atoms with Crippen molar-refractivity contribution in [2.75, 3.05) is 17.7 Å². The molecule has 19 heavy (non-hydrogen) atoms. The van der Waals surface area contributed by atoms with Gasteiger partial charge in [-0.2, -0.15) is 0 Å². The second kappa shape index (κ2) is 5.26. The minimum atomic E-state index is -0.354. The first kappa shape index (κ1) is 13.3. The van der Waals surface area contributed by atoms with Crippen molar-refractivity contribution in [3.8, 4) is 0 Å². The molecule has 0 aliphatic rings. The third-order valence-electron chi connectivity index (χ3n) is 3.04. The fourth-order valence-corrected chi connectivity index (χ4v) is 2.04. The second-order valence-electron chi connectivity index (χ2n) is 4.64. The summed E-state index contributed by atoms with van der Waals surface area (Å²) in [7, 11) is 1.86. The van der Waals surface area contributed by atoms with Crippen LogP contribution in [-0.2, 0) is 6.54 Å². The molecule has 0 amide bonds. The fourth-order valence-electron chi connectivity index (χ4n) is 2.04. The van der Waals surface area contributed by atoms with E-state index in [1.165, 1.54) is 18.2 Å². The number of anilines is 2. The van der Waals surface area contributed by atoms with E-state index in [1.54, 1.807) is 25.1 Å². The average molecular weight is 262 g/mol. The second-order valence-corrected chi connectivity index (χ2v) is 4.64. The van der Waals surface area contributed by atoms with Gasteiger partial charge in [-0.25, -0.2) is 8.78 Å². The summed E-state index contributed by atoms with van der Waals surface area (Å²) in [5.41, 5.74) is 8.52. The van der Waals surface area contributed by atoms with E-state index in [9.17, 15) is 8.78 Å². The van der Waals surface area contributed by atoms with E-state index < -0.39 is 0 Å². The van der Waals surface area contributed by atoms with Gasteiger partial charge in [-0.1, -0.05) is 12.1 Å². The first-order valence-electron chi connectivity index (χ1n) is 5.98. The largest absolute Gasteiger partial charge is 0.397 e. The van der Waals surface area contributed by atoms with Crippen LogP contribution in [0, 0.1) is 18.6 Å². The van der Waals surface area contributed by atoms with Gasteiger partial charge in [0.25, 0.3) is 0 Å². The standard InChI is InChI=1S/C15H16F2N2/c1-10-7-11(3-5-13(10)17)9-19(2)15-6-4-12(16)8-14(15)18/h3-8H,9,18H2,1-2H3. The van der Waals surface area contributed by atoms with Crippen molar-refractivity contribution in [2.24, 2.45) is 0 Å². The molecule has 4 heteroatoms. The van der Waals surface area contributed by atoms with E-state index in [0.717, 1.165) is 11.3 Å². The molecule has 0 bridgehead atoms. The third kappa shape index (κ3) is 3.02. The van der Waals surface area contributed by atoms with Crippen molar-refractivity contribution in [1.82, 2.24) is 0 Å². The lowest BCUT2D eigenvalue weighted by Crippen LogP contribution is -2.18. The van der Waals surface area contributed by atoms with Gasteiger partial charge in [0, 0.05) is 13.6 Å². The number of nitrogens with zero attached hydrogens (tertiary/aromatic N) is 1. The van der Waals surface area contributed by atoms with E-state index in [1.807, 2.05) is 11.9 Å². The van der Waals surface area contributed by atoms with Crippen molar-refractivity contribution >= 4 is 11.4 Å². The molecule has 0 atom stereocenters. The molecular weight excluding hydrogens is 246 g/mol. The molecule has 0 radical (unpaired) electrons. The van der Waals surface area contributed by atoms with Crippen LogP contribution in [0.15, 0.2) is 36.4 Å². The quantitative estimate of drug-likeness (QED) is 0.858. The van der Waals surface area contributed by atoms with Crippen LogP contribution in [0.1, 0.15) is 11.1 Å². The van der Waals surface area contributed by atoms with E-state index >= 15 is 0 Å². The number of benzene rings is 2. The van der Waals surface area contributed by atoms with Crippen LogP contribution in [0.2, 0.25) is 0 Å². The van der Waals surface area contributed by atoms with Gasteiger partial charge >= 0.3 is 0 Å². The molecule has 0 saturated heterocycles. The molecule has 100 valence electrons. The van der Waals surface area contributed by atoms with Crippen molar-refractivity contribution in [2.45, 2.75) is 13.5 Å². The van der Waals surface area contributed by atoms with E-state index in [4.69, 9.17) is 5.73 Å². The first-order chi connectivity index (χ1) is 8.97. The molecule has 0 heterocycles. The predicted molar refractivity (Wildman–Crippen MR) is 74.1 cm³/mol. The number of nitrogens with two attached hydrogens (primary N) is 1. The highest BCUT2D eigenvalue weighted by Crippen LogP contribution is 2.24. The summed E-state index contributed by atoms with van der Waals surface area (Å²) in [5.74, 6) is -0.569. The number of aryl methyl sites for hydroxylation is 1. The smallest absolute Gasteiger partial charge is 0.126 e. The maximum absolute atomic E-state index is 13.2. The number of rotatable bonds is 3. The molecule has 2 aromatic rings. The lowest BCUT2D eigenvalue weighted by atomic mass is 10.1. The summed E-state index contributed by atoms with van der Waals surface area (Å²) in [6, 6.07) is 9.29. The molecule has 2 nitrogen and oxygen atoms in total. The summed E-state index contributed by atoms with van der Waals surface area (Å²) in [4.78, 5) is 1.90. The molecule has 0 saturated carbocycles. The lowest BCUT2D eigenvalue weighted by Gasteiger charge is -2.21. The first-order valence-corrected chi connectivity index (χ1v) is 5.98. The molecule has 0 fully saturated rings. The van der Waals surface area contributed by atoms with Gasteiger partial charge in [-0.3, -0.25) is 0 Å². The Bertz CT molecular complexity index is 597. The maximum atomic E-state index is 13.2. The zero-order valence-corrected chi connectivity index (χ0v) is 11.0. The van der Waals surface area contributed by atoms with Crippen molar-refractivity contribution < 1.29 is 8.78 Å². The normalized spacial score (nSPS) is 10.5. The highest BCUT2D eigenvalue weighted by molar-refractivity contribution is 5.67. The highest BCUT2D eigenvalue weighted by Gasteiger charge is 2.08. The minimum Gasteiger partial charge on any atom is -0.397 e. The van der Waals surface area contributed by atoms with Crippen LogP contribution in [0.4, 0.5) is 20.2 Å². The van der Waals surface area contributed by atoms with Gasteiger partial charge in [0.15, 0.2) is 0 Å². The van der Waals surface area contributed by atoms with Gasteiger partial charge < -0.3 is 10.6 Å². The topological polar surface area (TPSA) is 29.3 Å². The third-order valence-corrected chi connectivity index (χ3v) is 3.04. The Labute approximate surface area is 111 Å². The zero-order chi connectivity index (χ0) is 14.0. The Balaban J connectivity index is 2.20. The minimum absolute atomic E-state index is 0.215. The summed E-state index contributed by atoms with van der Waals surface area (Å²) in [6.07, 6.45) is 0. The Morgan fingerprint density at radius 1 is 1.11 bits per heavy atom. The van der Waals surface area contributed by atoms with Crippen LogP contribution >= 0.6 is 0 Å². The van der Waals surface area contributed by atoms with Gasteiger partial charge in [0.1, 0.15) is 11.6 Å². The van der Waals surface area contributed by atoms with Crippen LogP contribution in [0.5, 0.6) is 0 Å². The molecular formula is C15H16F2N2. The fraction of sp³-hybridized carbons (Fsp3) is 0.200. The highest BCUT2D eigenvalue weighted by atomic mass is 19.1. The molecule has 0 spiro atoms. The molecule has 0 unspecified atom stereocenters. The Kier molecular flexibility index (Phi) is 3.69. The van der Waals surface area contributed by atoms with Gasteiger partial charge in [0.2, 0.25) is 0 Å². The van der Waals surface area contributed by atoms with Gasteiger partial charge in [0.05, 0.1) is 11.4 Å². The van der Waals surface area contributed by atoms with Crippen LogP contribution < -0.4 is 10.6 Å². The summed E-state index contributed by atoms with van der Waals surface area (Å²) >= 11 is 0. The monoisotopic (exact) mass is 262 g/mol. The van der Waals surface area contributed by atoms with Crippen molar-refractivity contribution in [1.29, 1.82) is 0 Å². The number of hydrogen-bond acceptors (Lipinski definition) is 2. The van der Waals surface area contributed by atoms with E-state index in [2.05, 4.69) is 0 Å². The van der Waals surface area contributed by atoms with Crippen molar-refractivity contribution in [3.05, 3.63) is 59.2 Å². The summed E-state index contributed by atoms with van der Waals surface area (Å²) in [5, 5.41) is 0. The number of hydrogen-bond donors (Lipinski definition) is 1. The zero-order valence-electron chi connectivity index (χ0n) is 11.0. The molecule has 0 aromatic heterocycles. The maximum Gasteiger partial charge on any atom is 0.126 e.